The predicted octanol–water partition coefficient (Wildman–Crippen LogP) is 2.78. The molecular weight excluding hydrogens is 414 g/mol. The third-order valence-corrected chi connectivity index (χ3v) is 6.21. The van der Waals surface area contributed by atoms with Crippen LogP contribution in [0.25, 0.3) is 10.2 Å². The van der Waals surface area contributed by atoms with E-state index in [0.29, 0.717) is 16.1 Å². The van der Waals surface area contributed by atoms with Crippen LogP contribution in [0.1, 0.15) is 35.0 Å². The summed E-state index contributed by atoms with van der Waals surface area (Å²) in [6.45, 7) is 3.81. The number of esters is 1. The number of ether oxygens (including phenoxy) is 1. The molecular formula is C22H25N5O3S. The molecule has 0 aliphatic carbocycles. The Morgan fingerprint density at radius 1 is 1.23 bits per heavy atom. The minimum absolute atomic E-state index is 0.191. The molecule has 0 spiro atoms. The average Bonchev–Trinajstić information content (AvgIpc) is 3.43. The average molecular weight is 440 g/mol. The highest BCUT2D eigenvalue weighted by molar-refractivity contribution is 7.20. The van der Waals surface area contributed by atoms with Gasteiger partial charge in [0.2, 0.25) is 5.95 Å². The molecule has 3 aromatic rings. The molecule has 1 fully saturated rings. The fourth-order valence-electron chi connectivity index (χ4n) is 3.72. The number of benzene rings is 1. The van der Waals surface area contributed by atoms with Crippen LogP contribution in [0.15, 0.2) is 36.4 Å². The van der Waals surface area contributed by atoms with Crippen LogP contribution in [0.3, 0.4) is 0 Å². The van der Waals surface area contributed by atoms with Crippen LogP contribution in [-0.4, -0.2) is 47.6 Å². The first-order chi connectivity index (χ1) is 15.0. The maximum absolute atomic E-state index is 13.0. The van der Waals surface area contributed by atoms with E-state index in [1.807, 2.05) is 30.3 Å². The Morgan fingerprint density at radius 2 is 1.97 bits per heavy atom. The quantitative estimate of drug-likeness (QED) is 0.545. The molecule has 3 N–H and O–H groups in total. The molecule has 1 unspecified atom stereocenters. The Labute approximate surface area is 184 Å². The van der Waals surface area contributed by atoms with Gasteiger partial charge >= 0.3 is 5.97 Å². The number of carbonyl (C=O) groups is 2. The highest BCUT2D eigenvalue weighted by Crippen LogP contribution is 2.33. The highest BCUT2D eigenvalue weighted by Gasteiger charge is 2.26. The van der Waals surface area contributed by atoms with Gasteiger partial charge in [0.25, 0.3) is 5.91 Å². The Hall–Kier alpha value is -3.20. The monoisotopic (exact) mass is 439 g/mol. The number of anilines is 2. The molecule has 1 saturated heterocycles. The summed E-state index contributed by atoms with van der Waals surface area (Å²) in [5.74, 6) is 0.156. The Balaban J connectivity index is 1.59. The maximum atomic E-state index is 13.0. The zero-order valence-corrected chi connectivity index (χ0v) is 18.2. The molecule has 0 bridgehead atoms. The molecule has 1 aromatic carbocycles. The van der Waals surface area contributed by atoms with Crippen molar-refractivity contribution >= 4 is 45.2 Å². The number of rotatable bonds is 7. The van der Waals surface area contributed by atoms with Crippen LogP contribution in [0.4, 0.5) is 11.8 Å². The molecule has 1 amide bonds. The van der Waals surface area contributed by atoms with E-state index in [1.54, 1.807) is 13.0 Å². The number of nitrogens with two attached hydrogens (primary N) is 1. The summed E-state index contributed by atoms with van der Waals surface area (Å²) in [5, 5.41) is 3.64. The summed E-state index contributed by atoms with van der Waals surface area (Å²) >= 11 is 1.24. The van der Waals surface area contributed by atoms with Gasteiger partial charge in [-0.2, -0.15) is 4.98 Å². The standard InChI is InChI=1S/C22H25N5O3S/c1-2-30-21(29)16(12-14-8-4-3-5-9-14)24-19(28)17-13-15-18(27-10-6-7-11-27)25-22(23)26-20(15)31-17/h3-5,8-9,13,16H,2,6-7,10-12H2,1H3,(H,24,28)(H2,23,25,26). The molecule has 0 saturated carbocycles. The molecule has 3 heterocycles. The van der Waals surface area contributed by atoms with Crippen LogP contribution in [0.2, 0.25) is 0 Å². The number of amides is 1. The van der Waals surface area contributed by atoms with Crippen molar-refractivity contribution in [2.24, 2.45) is 0 Å². The number of nitrogen functional groups attached to an aromatic ring is 1. The second kappa shape index (κ2) is 9.30. The third-order valence-electron chi connectivity index (χ3n) is 5.18. The highest BCUT2D eigenvalue weighted by atomic mass is 32.1. The van der Waals surface area contributed by atoms with Crippen LogP contribution in [0.5, 0.6) is 0 Å². The van der Waals surface area contributed by atoms with Gasteiger partial charge < -0.3 is 20.7 Å². The number of fused-ring (bicyclic) bond motifs is 1. The molecule has 8 nitrogen and oxygen atoms in total. The van der Waals surface area contributed by atoms with Gasteiger partial charge in [-0.3, -0.25) is 4.79 Å². The maximum Gasteiger partial charge on any atom is 0.328 e. The number of aromatic nitrogens is 2. The Kier molecular flexibility index (Phi) is 6.31. The smallest absolute Gasteiger partial charge is 0.328 e. The Bertz CT molecular complexity index is 1080. The summed E-state index contributed by atoms with van der Waals surface area (Å²) in [5.41, 5.74) is 6.85. The van der Waals surface area contributed by atoms with Crippen molar-refractivity contribution in [3.63, 3.8) is 0 Å². The van der Waals surface area contributed by atoms with Crippen molar-refractivity contribution < 1.29 is 14.3 Å². The summed E-state index contributed by atoms with van der Waals surface area (Å²) < 4.78 is 5.18. The van der Waals surface area contributed by atoms with E-state index in [9.17, 15) is 9.59 Å². The number of nitrogens with one attached hydrogen (secondary N) is 1. The molecule has 1 aliphatic heterocycles. The van der Waals surface area contributed by atoms with Gasteiger partial charge in [0.15, 0.2) is 0 Å². The van der Waals surface area contributed by atoms with Crippen LogP contribution in [0, 0.1) is 0 Å². The molecule has 1 aliphatic rings. The zero-order chi connectivity index (χ0) is 21.8. The molecule has 31 heavy (non-hydrogen) atoms. The summed E-state index contributed by atoms with van der Waals surface area (Å²) in [6, 6.07) is 10.5. The first-order valence-corrected chi connectivity index (χ1v) is 11.2. The SMILES string of the molecule is CCOC(=O)C(Cc1ccccc1)NC(=O)c1cc2c(N3CCCC3)nc(N)nc2s1. The van der Waals surface area contributed by atoms with E-state index in [1.165, 1.54) is 11.3 Å². The van der Waals surface area contributed by atoms with E-state index in [0.717, 1.165) is 42.7 Å². The van der Waals surface area contributed by atoms with Crippen molar-refractivity contribution in [3.8, 4) is 0 Å². The number of hydrogen-bond acceptors (Lipinski definition) is 8. The predicted molar refractivity (Wildman–Crippen MR) is 121 cm³/mol. The van der Waals surface area contributed by atoms with Gasteiger partial charge in [-0.05, 0) is 31.4 Å². The third kappa shape index (κ3) is 4.77. The number of carbonyl (C=O) groups excluding carboxylic acids is 2. The lowest BCUT2D eigenvalue weighted by atomic mass is 10.1. The lowest BCUT2D eigenvalue weighted by Crippen LogP contribution is -2.43. The second-order valence-electron chi connectivity index (χ2n) is 7.40. The number of nitrogens with zero attached hydrogens (tertiary/aromatic N) is 3. The van der Waals surface area contributed by atoms with Gasteiger partial charge in [-0.15, -0.1) is 11.3 Å². The molecule has 162 valence electrons. The molecule has 4 rings (SSSR count). The summed E-state index contributed by atoms with van der Waals surface area (Å²) in [4.78, 5) is 37.5. The van der Waals surface area contributed by atoms with Crippen LogP contribution < -0.4 is 16.0 Å². The fourth-order valence-corrected chi connectivity index (χ4v) is 4.66. The fraction of sp³-hybridized carbons (Fsp3) is 0.364. The lowest BCUT2D eigenvalue weighted by molar-refractivity contribution is -0.145. The number of thiophene rings is 1. The summed E-state index contributed by atoms with van der Waals surface area (Å²) in [6.07, 6.45) is 2.55. The van der Waals surface area contributed by atoms with Gasteiger partial charge in [0.05, 0.1) is 16.9 Å². The van der Waals surface area contributed by atoms with Crippen LogP contribution in [-0.2, 0) is 16.0 Å². The van der Waals surface area contributed by atoms with E-state index >= 15 is 0 Å². The molecule has 0 radical (unpaired) electrons. The van der Waals surface area contributed by atoms with E-state index < -0.39 is 12.0 Å². The van der Waals surface area contributed by atoms with E-state index in [2.05, 4.69) is 20.2 Å². The van der Waals surface area contributed by atoms with Crippen molar-refractivity contribution in [1.82, 2.24) is 15.3 Å². The van der Waals surface area contributed by atoms with Crippen molar-refractivity contribution in [3.05, 3.63) is 46.8 Å². The Morgan fingerprint density at radius 3 is 2.68 bits per heavy atom. The minimum atomic E-state index is -0.783. The first kappa shape index (κ1) is 21.0. The second-order valence-corrected chi connectivity index (χ2v) is 8.43. The zero-order valence-electron chi connectivity index (χ0n) is 17.3. The van der Waals surface area contributed by atoms with Gasteiger partial charge in [-0.1, -0.05) is 30.3 Å². The topological polar surface area (TPSA) is 110 Å². The van der Waals surface area contributed by atoms with Crippen molar-refractivity contribution in [2.45, 2.75) is 32.2 Å². The largest absolute Gasteiger partial charge is 0.464 e. The van der Waals surface area contributed by atoms with E-state index in [4.69, 9.17) is 10.5 Å². The van der Waals surface area contributed by atoms with Crippen LogP contribution >= 0.6 is 11.3 Å². The van der Waals surface area contributed by atoms with Crippen molar-refractivity contribution in [2.75, 3.05) is 30.3 Å². The number of hydrogen-bond donors (Lipinski definition) is 2. The van der Waals surface area contributed by atoms with Gasteiger partial charge in [0, 0.05) is 19.5 Å². The minimum Gasteiger partial charge on any atom is -0.464 e. The van der Waals surface area contributed by atoms with Gasteiger partial charge in [-0.25, -0.2) is 9.78 Å². The summed E-state index contributed by atoms with van der Waals surface area (Å²) in [7, 11) is 0. The lowest BCUT2D eigenvalue weighted by Gasteiger charge is -2.17. The molecule has 9 heteroatoms. The van der Waals surface area contributed by atoms with E-state index in [-0.39, 0.29) is 18.5 Å². The molecule has 2 aromatic heterocycles. The normalized spacial score (nSPS) is 14.5. The van der Waals surface area contributed by atoms with Gasteiger partial charge in [0.1, 0.15) is 16.7 Å². The first-order valence-electron chi connectivity index (χ1n) is 10.4. The molecule has 1 atom stereocenters. The van der Waals surface area contributed by atoms with Crippen molar-refractivity contribution in [1.29, 1.82) is 0 Å².